The van der Waals surface area contributed by atoms with E-state index in [-0.39, 0.29) is 0 Å². The van der Waals surface area contributed by atoms with Crippen molar-refractivity contribution in [1.82, 2.24) is 5.32 Å². The van der Waals surface area contributed by atoms with Crippen molar-refractivity contribution in [3.63, 3.8) is 0 Å². The fourth-order valence-electron chi connectivity index (χ4n) is 2.07. The highest BCUT2D eigenvalue weighted by Gasteiger charge is 2.38. The third-order valence-electron chi connectivity index (χ3n) is 3.13. The van der Waals surface area contributed by atoms with E-state index in [2.05, 4.69) is 5.32 Å². The summed E-state index contributed by atoms with van der Waals surface area (Å²) < 4.78 is 42.1. The van der Waals surface area contributed by atoms with Gasteiger partial charge < -0.3 is 15.2 Å². The number of rotatable bonds is 5. The summed E-state index contributed by atoms with van der Waals surface area (Å²) in [6.45, 7) is -0.364. The number of hydrogen-bond acceptors (Lipinski definition) is 3. The molecule has 0 aromatic heterocycles. The minimum atomic E-state index is -4.68. The number of aliphatic hydroxyl groups excluding tert-OH is 1. The van der Waals surface area contributed by atoms with Crippen LogP contribution < -0.4 is 10.1 Å². The van der Waals surface area contributed by atoms with E-state index in [1.807, 2.05) is 24.3 Å². The van der Waals surface area contributed by atoms with Gasteiger partial charge in [0.1, 0.15) is 12.4 Å². The molecule has 2 aromatic carbocycles. The third-order valence-corrected chi connectivity index (χ3v) is 3.13. The topological polar surface area (TPSA) is 41.5 Å². The number of ether oxygens (including phenoxy) is 1. The molecule has 0 fully saturated rings. The molecule has 0 saturated heterocycles. The van der Waals surface area contributed by atoms with E-state index < -0.39 is 18.9 Å². The molecule has 2 N–H and O–H groups in total. The molecule has 0 aliphatic carbocycles. The maximum Gasteiger partial charge on any atom is 0.417 e. The van der Waals surface area contributed by atoms with Gasteiger partial charge in [-0.1, -0.05) is 30.3 Å². The summed E-state index contributed by atoms with van der Waals surface area (Å²) in [6.07, 6.45) is -7.17. The second kappa shape index (κ2) is 6.32. The highest BCUT2D eigenvalue weighted by molar-refractivity contribution is 5.87. The highest BCUT2D eigenvalue weighted by atomic mass is 19.4. The van der Waals surface area contributed by atoms with E-state index in [1.165, 1.54) is 0 Å². The number of benzene rings is 2. The molecule has 21 heavy (non-hydrogen) atoms. The van der Waals surface area contributed by atoms with Crippen molar-refractivity contribution in [3.05, 3.63) is 42.0 Å². The van der Waals surface area contributed by atoms with Crippen LogP contribution in [-0.2, 0) is 6.54 Å². The third kappa shape index (κ3) is 3.65. The Morgan fingerprint density at radius 2 is 1.90 bits per heavy atom. The van der Waals surface area contributed by atoms with Crippen molar-refractivity contribution < 1.29 is 23.0 Å². The van der Waals surface area contributed by atoms with Gasteiger partial charge in [0.2, 0.25) is 0 Å². The van der Waals surface area contributed by atoms with E-state index in [4.69, 9.17) is 9.84 Å². The van der Waals surface area contributed by atoms with Gasteiger partial charge in [-0.15, -0.1) is 0 Å². The summed E-state index contributed by atoms with van der Waals surface area (Å²) in [6, 6.07) is 11.0. The summed E-state index contributed by atoms with van der Waals surface area (Å²) in [4.78, 5) is 0. The average molecular weight is 299 g/mol. The molecule has 1 unspecified atom stereocenters. The molecule has 114 valence electrons. The van der Waals surface area contributed by atoms with E-state index >= 15 is 0 Å². The van der Waals surface area contributed by atoms with Gasteiger partial charge in [-0.25, -0.2) is 0 Å². The van der Waals surface area contributed by atoms with Gasteiger partial charge >= 0.3 is 6.18 Å². The maximum absolute atomic E-state index is 12.3. The van der Waals surface area contributed by atoms with Crippen LogP contribution in [-0.4, -0.2) is 31.0 Å². The van der Waals surface area contributed by atoms with Crippen LogP contribution in [0.15, 0.2) is 36.4 Å². The van der Waals surface area contributed by atoms with Crippen molar-refractivity contribution in [2.75, 3.05) is 13.7 Å². The standard InChI is InChI=1S/C15H16F3NO2/c1-19-8-12-11-5-3-2-4-10(11)6-7-13(12)21-9-14(20)15(16,17)18/h2-7,14,19-20H,8-9H2,1H3. The molecule has 0 bridgehead atoms. The summed E-state index contributed by atoms with van der Waals surface area (Å²) in [5, 5.41) is 13.9. The Hall–Kier alpha value is -1.79. The average Bonchev–Trinajstić information content (AvgIpc) is 2.45. The second-order valence-corrected chi connectivity index (χ2v) is 4.66. The molecule has 0 spiro atoms. The monoisotopic (exact) mass is 299 g/mol. The zero-order valence-corrected chi connectivity index (χ0v) is 11.4. The van der Waals surface area contributed by atoms with Gasteiger partial charge in [0.05, 0.1) is 0 Å². The summed E-state index contributed by atoms with van der Waals surface area (Å²) >= 11 is 0. The van der Waals surface area contributed by atoms with Gasteiger partial charge in [0, 0.05) is 12.1 Å². The van der Waals surface area contributed by atoms with Crippen LogP contribution in [0.3, 0.4) is 0 Å². The van der Waals surface area contributed by atoms with Crippen molar-refractivity contribution in [2.24, 2.45) is 0 Å². The van der Waals surface area contributed by atoms with Crippen LogP contribution in [0.2, 0.25) is 0 Å². The summed E-state index contributed by atoms with van der Waals surface area (Å²) in [5.74, 6) is 0.339. The Labute approximate surface area is 120 Å². The van der Waals surface area contributed by atoms with Gasteiger partial charge in [-0.3, -0.25) is 0 Å². The van der Waals surface area contributed by atoms with Gasteiger partial charge in [0.25, 0.3) is 0 Å². The van der Waals surface area contributed by atoms with E-state index in [0.717, 1.165) is 16.3 Å². The Kier molecular flexibility index (Phi) is 4.69. The van der Waals surface area contributed by atoms with E-state index in [9.17, 15) is 13.2 Å². The van der Waals surface area contributed by atoms with Gasteiger partial charge in [-0.05, 0) is 23.9 Å². The SMILES string of the molecule is CNCc1c(OCC(O)C(F)(F)F)ccc2ccccc12. The molecule has 1 atom stereocenters. The Morgan fingerprint density at radius 1 is 1.19 bits per heavy atom. The number of halogens is 3. The smallest absolute Gasteiger partial charge is 0.417 e. The maximum atomic E-state index is 12.3. The van der Waals surface area contributed by atoms with E-state index in [1.54, 1.807) is 19.2 Å². The molecular weight excluding hydrogens is 283 g/mol. The minimum Gasteiger partial charge on any atom is -0.490 e. The first kappa shape index (κ1) is 15.6. The fourth-order valence-corrected chi connectivity index (χ4v) is 2.07. The number of aliphatic hydroxyl groups is 1. The van der Waals surface area contributed by atoms with Gasteiger partial charge in [-0.2, -0.15) is 13.2 Å². The van der Waals surface area contributed by atoms with Crippen LogP contribution in [0, 0.1) is 0 Å². The predicted molar refractivity (Wildman–Crippen MR) is 74.3 cm³/mol. The van der Waals surface area contributed by atoms with Crippen LogP contribution >= 0.6 is 0 Å². The first-order valence-electron chi connectivity index (χ1n) is 6.46. The van der Waals surface area contributed by atoms with Crippen molar-refractivity contribution in [2.45, 2.75) is 18.8 Å². The zero-order chi connectivity index (χ0) is 15.5. The van der Waals surface area contributed by atoms with Gasteiger partial charge in [0.15, 0.2) is 6.10 Å². The summed E-state index contributed by atoms with van der Waals surface area (Å²) in [5.41, 5.74) is 0.768. The van der Waals surface area contributed by atoms with Crippen LogP contribution in [0.4, 0.5) is 13.2 Å². The lowest BCUT2D eigenvalue weighted by atomic mass is 10.0. The van der Waals surface area contributed by atoms with Crippen molar-refractivity contribution in [1.29, 1.82) is 0 Å². The zero-order valence-electron chi connectivity index (χ0n) is 11.4. The van der Waals surface area contributed by atoms with Crippen molar-refractivity contribution in [3.8, 4) is 5.75 Å². The quantitative estimate of drug-likeness (QED) is 0.892. The second-order valence-electron chi connectivity index (χ2n) is 4.66. The Balaban J connectivity index is 2.28. The molecule has 2 aromatic rings. The lowest BCUT2D eigenvalue weighted by molar-refractivity contribution is -0.210. The lowest BCUT2D eigenvalue weighted by Crippen LogP contribution is -2.34. The lowest BCUT2D eigenvalue weighted by Gasteiger charge is -2.18. The van der Waals surface area contributed by atoms with Crippen LogP contribution in [0.25, 0.3) is 10.8 Å². The number of nitrogens with one attached hydrogen (secondary N) is 1. The molecule has 2 rings (SSSR count). The highest BCUT2D eigenvalue weighted by Crippen LogP contribution is 2.29. The largest absolute Gasteiger partial charge is 0.490 e. The fraction of sp³-hybridized carbons (Fsp3) is 0.333. The first-order valence-corrected chi connectivity index (χ1v) is 6.46. The van der Waals surface area contributed by atoms with Crippen molar-refractivity contribution >= 4 is 10.8 Å². The Morgan fingerprint density at radius 3 is 2.57 bits per heavy atom. The molecule has 0 radical (unpaired) electrons. The predicted octanol–water partition coefficient (Wildman–Crippen LogP) is 2.86. The molecular formula is C15H16F3NO2. The number of alkyl halides is 3. The van der Waals surface area contributed by atoms with Crippen LogP contribution in [0.1, 0.15) is 5.56 Å². The molecule has 0 aliphatic rings. The molecule has 0 saturated carbocycles. The first-order chi connectivity index (χ1) is 9.93. The molecule has 0 heterocycles. The minimum absolute atomic E-state index is 0.339. The Bertz CT molecular complexity index is 613. The number of hydrogen-bond donors (Lipinski definition) is 2. The normalized spacial score (nSPS) is 13.4. The van der Waals surface area contributed by atoms with Crippen LogP contribution in [0.5, 0.6) is 5.75 Å². The van der Waals surface area contributed by atoms with E-state index in [0.29, 0.717) is 12.3 Å². The molecule has 3 nitrogen and oxygen atoms in total. The molecule has 0 aliphatic heterocycles. The summed E-state index contributed by atoms with van der Waals surface area (Å²) in [7, 11) is 1.75. The molecule has 6 heteroatoms. The molecule has 0 amide bonds. The number of fused-ring (bicyclic) bond motifs is 1.